The van der Waals surface area contributed by atoms with Crippen molar-refractivity contribution >= 4 is 0 Å². The SMILES string of the molecule is COc1ccc2c(c1)C(NC1CCN(C3CC3)C1)CCC2. The molecule has 3 aliphatic rings. The molecule has 1 heterocycles. The highest BCUT2D eigenvalue weighted by atomic mass is 16.5. The fourth-order valence-electron chi connectivity index (χ4n) is 4.06. The number of hydrogen-bond acceptors (Lipinski definition) is 3. The predicted octanol–water partition coefficient (Wildman–Crippen LogP) is 2.90. The van der Waals surface area contributed by atoms with Gasteiger partial charge in [0.15, 0.2) is 0 Å². The number of nitrogens with one attached hydrogen (secondary N) is 1. The molecule has 0 spiro atoms. The third kappa shape index (κ3) is 2.82. The van der Waals surface area contributed by atoms with Crippen molar-refractivity contribution in [1.82, 2.24) is 10.2 Å². The summed E-state index contributed by atoms with van der Waals surface area (Å²) in [5.74, 6) is 0.994. The van der Waals surface area contributed by atoms with Crippen molar-refractivity contribution in [3.63, 3.8) is 0 Å². The van der Waals surface area contributed by atoms with Crippen LogP contribution in [0.15, 0.2) is 18.2 Å². The number of nitrogens with zero attached hydrogens (tertiary/aromatic N) is 1. The molecule has 1 N–H and O–H groups in total. The van der Waals surface area contributed by atoms with E-state index >= 15 is 0 Å². The van der Waals surface area contributed by atoms with Gasteiger partial charge in [-0.25, -0.2) is 0 Å². The van der Waals surface area contributed by atoms with E-state index in [0.717, 1.165) is 11.8 Å². The molecule has 4 rings (SSSR count). The Balaban J connectivity index is 1.46. The molecule has 1 aromatic rings. The Bertz CT molecular complexity index is 512. The zero-order valence-electron chi connectivity index (χ0n) is 13.0. The van der Waals surface area contributed by atoms with Gasteiger partial charge in [-0.3, -0.25) is 4.90 Å². The van der Waals surface area contributed by atoms with Crippen molar-refractivity contribution in [3.05, 3.63) is 29.3 Å². The minimum absolute atomic E-state index is 0.521. The summed E-state index contributed by atoms with van der Waals surface area (Å²) < 4.78 is 5.42. The molecule has 2 fully saturated rings. The number of likely N-dealkylation sites (tertiary alicyclic amines) is 1. The molecule has 2 unspecified atom stereocenters. The number of aryl methyl sites for hydroxylation is 1. The van der Waals surface area contributed by atoms with Gasteiger partial charge < -0.3 is 10.1 Å². The highest BCUT2D eigenvalue weighted by Crippen LogP contribution is 2.34. The first-order chi connectivity index (χ1) is 10.3. The molecule has 3 nitrogen and oxygen atoms in total. The average Bonchev–Trinajstić information content (AvgIpc) is 3.27. The largest absolute Gasteiger partial charge is 0.497 e. The molecule has 1 aromatic carbocycles. The Morgan fingerprint density at radius 1 is 1.19 bits per heavy atom. The van der Waals surface area contributed by atoms with Crippen LogP contribution in [0.25, 0.3) is 0 Å². The average molecular weight is 286 g/mol. The topological polar surface area (TPSA) is 24.5 Å². The van der Waals surface area contributed by atoms with Crippen LogP contribution in [0.1, 0.15) is 49.3 Å². The molecule has 21 heavy (non-hydrogen) atoms. The van der Waals surface area contributed by atoms with Crippen molar-refractivity contribution in [2.45, 2.75) is 56.7 Å². The summed E-state index contributed by atoms with van der Waals surface area (Å²) >= 11 is 0. The van der Waals surface area contributed by atoms with Crippen molar-refractivity contribution < 1.29 is 4.74 Å². The maximum Gasteiger partial charge on any atom is 0.119 e. The fraction of sp³-hybridized carbons (Fsp3) is 0.667. The van der Waals surface area contributed by atoms with Gasteiger partial charge in [0.2, 0.25) is 0 Å². The highest BCUT2D eigenvalue weighted by Gasteiger charge is 2.35. The van der Waals surface area contributed by atoms with Gasteiger partial charge in [0.1, 0.15) is 5.75 Å². The molecule has 0 aromatic heterocycles. The molecule has 114 valence electrons. The Morgan fingerprint density at radius 2 is 2.10 bits per heavy atom. The molecule has 0 bridgehead atoms. The Kier molecular flexibility index (Phi) is 3.64. The van der Waals surface area contributed by atoms with Gasteiger partial charge in [-0.05, 0) is 61.8 Å². The molecule has 1 aliphatic heterocycles. The van der Waals surface area contributed by atoms with Crippen molar-refractivity contribution in [2.75, 3.05) is 20.2 Å². The van der Waals surface area contributed by atoms with Crippen LogP contribution in [-0.4, -0.2) is 37.2 Å². The van der Waals surface area contributed by atoms with Gasteiger partial charge in [0.25, 0.3) is 0 Å². The van der Waals surface area contributed by atoms with Crippen molar-refractivity contribution in [3.8, 4) is 5.75 Å². The quantitative estimate of drug-likeness (QED) is 0.921. The zero-order chi connectivity index (χ0) is 14.2. The fourth-order valence-corrected chi connectivity index (χ4v) is 4.06. The molecule has 1 saturated carbocycles. The van der Waals surface area contributed by atoms with Crippen LogP contribution >= 0.6 is 0 Å². The Morgan fingerprint density at radius 3 is 2.90 bits per heavy atom. The van der Waals surface area contributed by atoms with Crippen LogP contribution in [0.3, 0.4) is 0 Å². The number of rotatable bonds is 4. The standard InChI is InChI=1S/C18H26N2O/c1-21-16-8-5-13-3-2-4-18(17(13)11-16)19-14-9-10-20(12-14)15-6-7-15/h5,8,11,14-15,18-19H,2-4,6-7,9-10,12H2,1H3. The minimum Gasteiger partial charge on any atom is -0.497 e. The number of methoxy groups -OCH3 is 1. The maximum atomic E-state index is 5.42. The first-order valence-corrected chi connectivity index (χ1v) is 8.50. The lowest BCUT2D eigenvalue weighted by atomic mass is 9.87. The lowest BCUT2D eigenvalue weighted by molar-refractivity contribution is 0.308. The van der Waals surface area contributed by atoms with Gasteiger partial charge >= 0.3 is 0 Å². The third-order valence-corrected chi connectivity index (χ3v) is 5.39. The van der Waals surface area contributed by atoms with Crippen LogP contribution in [0, 0.1) is 0 Å². The summed E-state index contributed by atoms with van der Waals surface area (Å²) in [6.45, 7) is 2.54. The molecular formula is C18H26N2O. The molecule has 1 saturated heterocycles. The van der Waals surface area contributed by atoms with E-state index in [1.54, 1.807) is 7.11 Å². The van der Waals surface area contributed by atoms with Crippen LogP contribution in [-0.2, 0) is 6.42 Å². The van der Waals surface area contributed by atoms with Gasteiger partial charge in [-0.2, -0.15) is 0 Å². The third-order valence-electron chi connectivity index (χ3n) is 5.39. The second-order valence-electron chi connectivity index (χ2n) is 6.89. The van der Waals surface area contributed by atoms with E-state index < -0.39 is 0 Å². The van der Waals surface area contributed by atoms with E-state index in [9.17, 15) is 0 Å². The van der Waals surface area contributed by atoms with E-state index in [-0.39, 0.29) is 0 Å². The summed E-state index contributed by atoms with van der Waals surface area (Å²) in [5, 5.41) is 3.94. The van der Waals surface area contributed by atoms with E-state index in [0.29, 0.717) is 12.1 Å². The van der Waals surface area contributed by atoms with E-state index in [1.807, 2.05) is 0 Å². The smallest absolute Gasteiger partial charge is 0.119 e. The van der Waals surface area contributed by atoms with Gasteiger partial charge in [0, 0.05) is 31.2 Å². The second-order valence-corrected chi connectivity index (χ2v) is 6.89. The maximum absolute atomic E-state index is 5.42. The highest BCUT2D eigenvalue weighted by molar-refractivity contribution is 5.39. The van der Waals surface area contributed by atoms with Crippen LogP contribution < -0.4 is 10.1 Å². The molecule has 3 heteroatoms. The molecule has 2 aliphatic carbocycles. The lowest BCUT2D eigenvalue weighted by Crippen LogP contribution is -2.37. The summed E-state index contributed by atoms with van der Waals surface area (Å²) in [4.78, 5) is 2.69. The van der Waals surface area contributed by atoms with E-state index in [1.165, 1.54) is 62.7 Å². The minimum atomic E-state index is 0.521. The lowest BCUT2D eigenvalue weighted by Gasteiger charge is -2.29. The number of ether oxygens (including phenoxy) is 1. The first-order valence-electron chi connectivity index (χ1n) is 8.50. The summed E-state index contributed by atoms with van der Waals surface area (Å²) in [6.07, 6.45) is 7.95. The molecular weight excluding hydrogens is 260 g/mol. The number of benzene rings is 1. The van der Waals surface area contributed by atoms with Gasteiger partial charge in [-0.1, -0.05) is 6.07 Å². The zero-order valence-corrected chi connectivity index (χ0v) is 13.0. The molecule has 2 atom stereocenters. The van der Waals surface area contributed by atoms with Crippen molar-refractivity contribution in [2.24, 2.45) is 0 Å². The van der Waals surface area contributed by atoms with Gasteiger partial charge in [-0.15, -0.1) is 0 Å². The number of fused-ring (bicyclic) bond motifs is 1. The Hall–Kier alpha value is -1.06. The van der Waals surface area contributed by atoms with E-state index in [2.05, 4.69) is 28.4 Å². The molecule has 0 radical (unpaired) electrons. The van der Waals surface area contributed by atoms with Crippen LogP contribution in [0.5, 0.6) is 5.75 Å². The summed E-state index contributed by atoms with van der Waals surface area (Å²) in [7, 11) is 1.76. The van der Waals surface area contributed by atoms with Crippen LogP contribution in [0.2, 0.25) is 0 Å². The Labute approximate surface area is 127 Å². The first kappa shape index (κ1) is 13.6. The predicted molar refractivity (Wildman–Crippen MR) is 84.8 cm³/mol. The number of hydrogen-bond donors (Lipinski definition) is 1. The van der Waals surface area contributed by atoms with E-state index in [4.69, 9.17) is 4.74 Å². The van der Waals surface area contributed by atoms with Crippen LogP contribution in [0.4, 0.5) is 0 Å². The van der Waals surface area contributed by atoms with Gasteiger partial charge in [0.05, 0.1) is 7.11 Å². The summed E-state index contributed by atoms with van der Waals surface area (Å²) in [5.41, 5.74) is 2.99. The normalized spacial score (nSPS) is 29.4. The molecule has 0 amide bonds. The second kappa shape index (κ2) is 5.62. The van der Waals surface area contributed by atoms with Crippen molar-refractivity contribution in [1.29, 1.82) is 0 Å². The monoisotopic (exact) mass is 286 g/mol. The summed E-state index contributed by atoms with van der Waals surface area (Å²) in [6, 6.07) is 8.72.